The van der Waals surface area contributed by atoms with Gasteiger partial charge in [-0.3, -0.25) is 9.20 Å². The molecule has 1 aromatic carbocycles. The summed E-state index contributed by atoms with van der Waals surface area (Å²) in [6, 6.07) is 4.19. The minimum Gasteiger partial charge on any atom is -0.436 e. The summed E-state index contributed by atoms with van der Waals surface area (Å²) in [4.78, 5) is 24.4. The number of hydrogen-bond donors (Lipinski definition) is 2. The summed E-state index contributed by atoms with van der Waals surface area (Å²) in [5.41, 5.74) is 7.14. The van der Waals surface area contributed by atoms with Crippen LogP contribution in [0.5, 0.6) is 0 Å². The normalized spacial score (nSPS) is 11.0. The lowest BCUT2D eigenvalue weighted by molar-refractivity contribution is 0.0995. The number of aryl methyl sites for hydroxylation is 1. The minimum atomic E-state index is -0.479. The molecule has 0 unspecified atom stereocenters. The zero-order valence-corrected chi connectivity index (χ0v) is 13.6. The number of nitrogens with zero attached hydrogens (tertiary/aromatic N) is 4. The molecule has 3 N–H and O–H groups in total. The van der Waals surface area contributed by atoms with Crippen LogP contribution in [0.4, 0.5) is 15.8 Å². The van der Waals surface area contributed by atoms with Gasteiger partial charge in [0, 0.05) is 30.6 Å². The fraction of sp³-hybridized carbons (Fsp3) is 0.0588. The van der Waals surface area contributed by atoms with E-state index in [0.717, 1.165) is 0 Å². The maximum Gasteiger partial charge on any atom is 0.293 e. The number of halogens is 1. The molecular weight excluding hydrogens is 339 g/mol. The van der Waals surface area contributed by atoms with E-state index in [9.17, 15) is 9.18 Å². The Morgan fingerprint density at radius 2 is 2.12 bits per heavy atom. The molecule has 4 aromatic rings. The van der Waals surface area contributed by atoms with E-state index in [2.05, 4.69) is 20.3 Å². The van der Waals surface area contributed by atoms with Crippen molar-refractivity contribution in [3.63, 3.8) is 0 Å². The molecule has 130 valence electrons. The Morgan fingerprint density at radius 1 is 1.27 bits per heavy atom. The highest BCUT2D eigenvalue weighted by molar-refractivity contribution is 6.02. The monoisotopic (exact) mass is 352 g/mol. The lowest BCUT2D eigenvalue weighted by atomic mass is 10.1. The highest BCUT2D eigenvalue weighted by Crippen LogP contribution is 2.26. The molecule has 0 aliphatic carbocycles. The van der Waals surface area contributed by atoms with Crippen molar-refractivity contribution in [2.75, 3.05) is 11.1 Å². The second-order valence-electron chi connectivity index (χ2n) is 5.61. The Morgan fingerprint density at radius 3 is 2.88 bits per heavy atom. The molecule has 0 aliphatic heterocycles. The summed E-state index contributed by atoms with van der Waals surface area (Å²) in [6.45, 7) is 1.64. The molecule has 0 fully saturated rings. The number of amides is 1. The van der Waals surface area contributed by atoms with E-state index >= 15 is 0 Å². The third-order valence-corrected chi connectivity index (χ3v) is 3.68. The fourth-order valence-electron chi connectivity index (χ4n) is 2.49. The van der Waals surface area contributed by atoms with Gasteiger partial charge in [0.1, 0.15) is 5.82 Å². The second-order valence-corrected chi connectivity index (χ2v) is 5.61. The third-order valence-electron chi connectivity index (χ3n) is 3.68. The first-order valence-electron chi connectivity index (χ1n) is 7.63. The van der Waals surface area contributed by atoms with Gasteiger partial charge in [0.25, 0.3) is 5.91 Å². The molecule has 0 aliphatic rings. The number of nitrogens with two attached hydrogens (primary N) is 1. The molecule has 3 aromatic heterocycles. The molecule has 0 saturated heterocycles. The van der Waals surface area contributed by atoms with Crippen LogP contribution in [0.3, 0.4) is 0 Å². The number of carbonyl (C=O) groups is 1. The number of oxazole rings is 1. The number of hydrogen-bond acceptors (Lipinski definition) is 6. The number of anilines is 2. The Labute approximate surface area is 146 Å². The van der Waals surface area contributed by atoms with Crippen LogP contribution < -0.4 is 11.1 Å². The van der Waals surface area contributed by atoms with Gasteiger partial charge in [0.05, 0.1) is 23.8 Å². The molecule has 0 radical (unpaired) electrons. The van der Waals surface area contributed by atoms with E-state index in [1.807, 2.05) is 0 Å². The van der Waals surface area contributed by atoms with E-state index in [0.29, 0.717) is 28.7 Å². The number of benzene rings is 1. The van der Waals surface area contributed by atoms with Crippen LogP contribution in [0.15, 0.2) is 47.4 Å². The molecule has 3 heterocycles. The van der Waals surface area contributed by atoms with Gasteiger partial charge in [-0.2, -0.15) is 0 Å². The number of carbonyl (C=O) groups excluding carboxylic acids is 1. The van der Waals surface area contributed by atoms with Crippen LogP contribution in [0.25, 0.3) is 17.0 Å². The first-order valence-corrected chi connectivity index (χ1v) is 7.63. The van der Waals surface area contributed by atoms with Crippen molar-refractivity contribution in [1.29, 1.82) is 0 Å². The number of fused-ring (bicyclic) bond motifs is 1. The smallest absolute Gasteiger partial charge is 0.293 e. The molecule has 4 rings (SSSR count). The van der Waals surface area contributed by atoms with Gasteiger partial charge < -0.3 is 15.5 Å². The molecule has 9 heteroatoms. The average Bonchev–Trinajstić information content (AvgIpc) is 3.22. The topological polar surface area (TPSA) is 111 Å². The first-order chi connectivity index (χ1) is 12.5. The summed E-state index contributed by atoms with van der Waals surface area (Å²) < 4.78 is 21.1. The molecule has 8 nitrogen and oxygen atoms in total. The van der Waals surface area contributed by atoms with Crippen molar-refractivity contribution in [2.45, 2.75) is 6.92 Å². The number of nitrogen functional groups attached to an aromatic ring is 1. The highest BCUT2D eigenvalue weighted by Gasteiger charge is 2.15. The van der Waals surface area contributed by atoms with E-state index in [4.69, 9.17) is 10.2 Å². The molecule has 0 atom stereocenters. The van der Waals surface area contributed by atoms with Crippen LogP contribution >= 0.6 is 0 Å². The summed E-state index contributed by atoms with van der Waals surface area (Å²) in [5, 5.41) is 2.64. The summed E-state index contributed by atoms with van der Waals surface area (Å²) >= 11 is 0. The van der Waals surface area contributed by atoms with Crippen molar-refractivity contribution in [3.05, 3.63) is 60.5 Å². The van der Waals surface area contributed by atoms with E-state index in [1.54, 1.807) is 23.7 Å². The summed E-state index contributed by atoms with van der Waals surface area (Å²) in [5.74, 6) is -0.116. The summed E-state index contributed by atoms with van der Waals surface area (Å²) in [6.07, 6.45) is 6.04. The van der Waals surface area contributed by atoms with E-state index in [1.165, 1.54) is 30.6 Å². The number of rotatable bonds is 3. The van der Waals surface area contributed by atoms with Crippen LogP contribution in [0.2, 0.25) is 0 Å². The van der Waals surface area contributed by atoms with Crippen molar-refractivity contribution in [3.8, 4) is 11.3 Å². The Balaban J connectivity index is 1.68. The van der Waals surface area contributed by atoms with Crippen LogP contribution in [0, 0.1) is 12.7 Å². The maximum atomic E-state index is 14.3. The van der Waals surface area contributed by atoms with Gasteiger partial charge in [0.2, 0.25) is 11.5 Å². The molecule has 0 spiro atoms. The quantitative estimate of drug-likeness (QED) is 0.586. The van der Waals surface area contributed by atoms with Gasteiger partial charge in [0.15, 0.2) is 5.89 Å². The van der Waals surface area contributed by atoms with Crippen molar-refractivity contribution < 1.29 is 13.6 Å². The van der Waals surface area contributed by atoms with E-state index < -0.39 is 11.7 Å². The highest BCUT2D eigenvalue weighted by atomic mass is 19.1. The van der Waals surface area contributed by atoms with Gasteiger partial charge in [-0.15, -0.1) is 0 Å². The van der Waals surface area contributed by atoms with Crippen molar-refractivity contribution in [2.24, 2.45) is 0 Å². The largest absolute Gasteiger partial charge is 0.436 e. The molecule has 0 saturated carbocycles. The van der Waals surface area contributed by atoms with Gasteiger partial charge >= 0.3 is 0 Å². The predicted octanol–water partition coefficient (Wildman–Crippen LogP) is 2.67. The Kier molecular flexibility index (Phi) is 3.61. The van der Waals surface area contributed by atoms with E-state index in [-0.39, 0.29) is 11.3 Å². The van der Waals surface area contributed by atoms with Crippen LogP contribution in [-0.4, -0.2) is 25.3 Å². The van der Waals surface area contributed by atoms with Crippen molar-refractivity contribution in [1.82, 2.24) is 19.4 Å². The first kappa shape index (κ1) is 15.8. The van der Waals surface area contributed by atoms with Crippen molar-refractivity contribution >= 4 is 23.1 Å². The van der Waals surface area contributed by atoms with Crippen LogP contribution in [0.1, 0.15) is 16.4 Å². The van der Waals surface area contributed by atoms with Gasteiger partial charge in [-0.05, 0) is 18.2 Å². The third kappa shape index (κ3) is 2.86. The lowest BCUT2D eigenvalue weighted by Gasteiger charge is -2.06. The minimum absolute atomic E-state index is 0.0702. The molecule has 1 amide bonds. The predicted molar refractivity (Wildman–Crippen MR) is 92.0 cm³/mol. The Hall–Kier alpha value is -3.75. The average molecular weight is 352 g/mol. The summed E-state index contributed by atoms with van der Waals surface area (Å²) in [7, 11) is 0. The molecule has 26 heavy (non-hydrogen) atoms. The van der Waals surface area contributed by atoms with Crippen LogP contribution in [-0.2, 0) is 0 Å². The number of imidazole rings is 1. The fourth-order valence-corrected chi connectivity index (χ4v) is 2.49. The van der Waals surface area contributed by atoms with Gasteiger partial charge in [-0.25, -0.2) is 19.3 Å². The van der Waals surface area contributed by atoms with Gasteiger partial charge in [-0.1, -0.05) is 0 Å². The zero-order chi connectivity index (χ0) is 18.3. The zero-order valence-electron chi connectivity index (χ0n) is 13.6. The molecule has 0 bridgehead atoms. The second kappa shape index (κ2) is 5.96. The SMILES string of the molecule is Cc1ncc(C(=O)Nc2ccc(F)c(-c3cn4cc(N)cnc4n3)c2)o1. The lowest BCUT2D eigenvalue weighted by Crippen LogP contribution is -2.11. The Bertz CT molecular complexity index is 1130. The number of aromatic nitrogens is 4. The maximum absolute atomic E-state index is 14.3. The number of nitrogens with one attached hydrogen (secondary N) is 1. The standard InChI is InChI=1S/C17H13FN6O2/c1-9-20-6-15(26-9)16(25)22-11-2-3-13(18)12(4-11)14-8-24-7-10(19)5-21-17(24)23-14/h2-8H,19H2,1H3,(H,22,25). The molecular formula is C17H13FN6O2.